The summed E-state index contributed by atoms with van der Waals surface area (Å²) in [5, 5.41) is 3.23. The monoisotopic (exact) mass is 418 g/mol. The second kappa shape index (κ2) is 7.16. The van der Waals surface area contributed by atoms with Gasteiger partial charge in [0, 0.05) is 0 Å². The number of thiophene rings is 1. The van der Waals surface area contributed by atoms with Crippen LogP contribution in [0.25, 0.3) is 10.6 Å². The molecule has 2 aromatic heterocycles. The number of anilines is 1. The molecule has 1 aromatic carbocycles. The molecule has 0 aliphatic carbocycles. The second-order valence-corrected chi connectivity index (χ2v) is 7.00. The first-order valence-electron chi connectivity index (χ1n) is 7.10. The maximum Gasteiger partial charge on any atom is 0.455 e. The molecule has 0 bridgehead atoms. The first-order chi connectivity index (χ1) is 12.7. The second-order valence-electron chi connectivity index (χ2n) is 5.05. The van der Waals surface area contributed by atoms with Crippen molar-refractivity contribution in [3.8, 4) is 10.6 Å². The third kappa shape index (κ3) is 3.88. The average molecular weight is 418 g/mol. The van der Waals surface area contributed by atoms with Gasteiger partial charge in [-0.25, -0.2) is 13.8 Å². The van der Waals surface area contributed by atoms with Gasteiger partial charge in [-0.1, -0.05) is 23.5 Å². The Bertz CT molecular complexity index is 992. The van der Waals surface area contributed by atoms with Gasteiger partial charge < -0.3 is 0 Å². The maximum absolute atomic E-state index is 13.7. The Morgan fingerprint density at radius 3 is 2.26 bits per heavy atom. The van der Waals surface area contributed by atoms with Crippen LogP contribution in [-0.4, -0.2) is 22.9 Å². The standard InChI is InChI=1S/C16H7F5N2O2S2/c17-7-3-1-4-8(18)10(7)14(25)23-15-22-11(9-5-2-6-26-9)12(27-15)13(24)16(19,20)21/h1-6H,(H,22,23,25). The number of hydrogen-bond donors (Lipinski definition) is 1. The van der Waals surface area contributed by atoms with Crippen LogP contribution in [-0.2, 0) is 0 Å². The van der Waals surface area contributed by atoms with E-state index in [0.29, 0.717) is 0 Å². The molecule has 3 rings (SSSR count). The van der Waals surface area contributed by atoms with Crippen LogP contribution in [0, 0.1) is 11.6 Å². The zero-order valence-electron chi connectivity index (χ0n) is 12.9. The lowest BCUT2D eigenvalue weighted by molar-refractivity contribution is -0.0882. The minimum absolute atomic E-state index is 0.262. The van der Waals surface area contributed by atoms with E-state index in [1.165, 1.54) is 6.07 Å². The molecular weight excluding hydrogens is 411 g/mol. The van der Waals surface area contributed by atoms with Crippen molar-refractivity contribution in [3.05, 3.63) is 57.8 Å². The molecule has 2 heterocycles. The van der Waals surface area contributed by atoms with Gasteiger partial charge in [0.2, 0.25) is 0 Å². The molecule has 0 fully saturated rings. The van der Waals surface area contributed by atoms with Crippen molar-refractivity contribution >= 4 is 39.5 Å². The number of amides is 1. The fourth-order valence-corrected chi connectivity index (χ4v) is 3.83. The fourth-order valence-electron chi connectivity index (χ4n) is 2.11. The third-order valence-corrected chi connectivity index (χ3v) is 5.10. The zero-order valence-corrected chi connectivity index (χ0v) is 14.6. The minimum Gasteiger partial charge on any atom is -0.298 e. The highest BCUT2D eigenvalue weighted by Crippen LogP contribution is 2.37. The number of ketones is 1. The summed E-state index contributed by atoms with van der Waals surface area (Å²) in [4.78, 5) is 27.2. The summed E-state index contributed by atoms with van der Waals surface area (Å²) < 4.78 is 65.9. The minimum atomic E-state index is -5.14. The van der Waals surface area contributed by atoms with E-state index < -0.39 is 45.1 Å². The summed E-state index contributed by atoms with van der Waals surface area (Å²) in [6, 6.07) is 5.77. The number of halogens is 5. The number of rotatable bonds is 4. The zero-order chi connectivity index (χ0) is 19.8. The normalized spacial score (nSPS) is 11.4. The molecule has 0 unspecified atom stereocenters. The molecule has 140 valence electrons. The lowest BCUT2D eigenvalue weighted by Gasteiger charge is -2.04. The largest absolute Gasteiger partial charge is 0.455 e. The third-order valence-electron chi connectivity index (χ3n) is 3.26. The molecule has 0 aliphatic heterocycles. The Labute approximate surface area is 156 Å². The van der Waals surface area contributed by atoms with Gasteiger partial charge in [-0.2, -0.15) is 13.2 Å². The quantitative estimate of drug-likeness (QED) is 0.471. The molecule has 0 aliphatic rings. The van der Waals surface area contributed by atoms with Crippen LogP contribution >= 0.6 is 22.7 Å². The van der Waals surface area contributed by atoms with Crippen molar-refractivity contribution in [2.45, 2.75) is 6.18 Å². The van der Waals surface area contributed by atoms with Gasteiger partial charge in [0.15, 0.2) is 5.13 Å². The molecule has 1 N–H and O–H groups in total. The van der Waals surface area contributed by atoms with Crippen molar-refractivity contribution in [1.29, 1.82) is 0 Å². The molecule has 0 saturated carbocycles. The van der Waals surface area contributed by atoms with Crippen LogP contribution in [0.15, 0.2) is 35.7 Å². The van der Waals surface area contributed by atoms with Crippen molar-refractivity contribution in [2.75, 3.05) is 5.32 Å². The summed E-state index contributed by atoms with van der Waals surface area (Å²) >= 11 is 1.32. The van der Waals surface area contributed by atoms with Crippen LogP contribution in [0.4, 0.5) is 27.1 Å². The van der Waals surface area contributed by atoms with Gasteiger partial charge in [-0.3, -0.25) is 14.9 Å². The highest BCUT2D eigenvalue weighted by molar-refractivity contribution is 7.19. The molecule has 0 saturated heterocycles. The van der Waals surface area contributed by atoms with Crippen molar-refractivity contribution in [1.82, 2.24) is 4.98 Å². The van der Waals surface area contributed by atoms with Gasteiger partial charge >= 0.3 is 6.18 Å². The number of carbonyl (C=O) groups excluding carboxylic acids is 2. The Morgan fingerprint density at radius 2 is 1.70 bits per heavy atom. The summed E-state index contributed by atoms with van der Waals surface area (Å²) in [5.74, 6) is -5.65. The maximum atomic E-state index is 13.7. The summed E-state index contributed by atoms with van der Waals surface area (Å²) in [6.07, 6.45) is -5.14. The topological polar surface area (TPSA) is 59.1 Å². The van der Waals surface area contributed by atoms with E-state index in [9.17, 15) is 31.5 Å². The van der Waals surface area contributed by atoms with Crippen LogP contribution < -0.4 is 5.32 Å². The average Bonchev–Trinajstić information content (AvgIpc) is 3.22. The van der Waals surface area contributed by atoms with E-state index in [1.807, 2.05) is 5.32 Å². The Hall–Kier alpha value is -2.66. The number of thiazole rings is 1. The molecule has 3 aromatic rings. The van der Waals surface area contributed by atoms with Crippen LogP contribution in [0.5, 0.6) is 0 Å². The van der Waals surface area contributed by atoms with Gasteiger partial charge in [-0.05, 0) is 23.6 Å². The molecular formula is C16H7F5N2O2S2. The SMILES string of the molecule is O=C(Nc1nc(-c2cccs2)c(C(=O)C(F)(F)F)s1)c1c(F)cccc1F. The molecule has 11 heteroatoms. The molecule has 1 amide bonds. The van der Waals surface area contributed by atoms with E-state index in [-0.39, 0.29) is 21.9 Å². The van der Waals surface area contributed by atoms with Gasteiger partial charge in [0.05, 0.1) is 4.88 Å². The molecule has 27 heavy (non-hydrogen) atoms. The number of benzene rings is 1. The smallest absolute Gasteiger partial charge is 0.298 e. The highest BCUT2D eigenvalue weighted by atomic mass is 32.1. The van der Waals surface area contributed by atoms with E-state index in [0.717, 1.165) is 29.5 Å². The van der Waals surface area contributed by atoms with E-state index in [4.69, 9.17) is 0 Å². The van der Waals surface area contributed by atoms with Crippen molar-refractivity contribution in [3.63, 3.8) is 0 Å². The predicted octanol–water partition coefficient (Wildman–Crippen LogP) is 5.15. The Morgan fingerprint density at radius 1 is 1.04 bits per heavy atom. The molecule has 0 atom stereocenters. The van der Waals surface area contributed by atoms with Gasteiger partial charge in [0.1, 0.15) is 27.8 Å². The van der Waals surface area contributed by atoms with E-state index in [2.05, 4.69) is 4.98 Å². The number of Topliss-reactive ketones (excluding diaryl/α,β-unsaturated/α-hetero) is 1. The summed E-state index contributed by atoms with van der Waals surface area (Å²) in [6.45, 7) is 0. The first kappa shape index (κ1) is 19.1. The molecule has 0 spiro atoms. The lowest BCUT2D eigenvalue weighted by atomic mass is 10.2. The number of aromatic nitrogens is 1. The lowest BCUT2D eigenvalue weighted by Crippen LogP contribution is -2.22. The summed E-state index contributed by atoms with van der Waals surface area (Å²) in [5.41, 5.74) is -1.17. The van der Waals surface area contributed by atoms with E-state index in [1.54, 1.807) is 11.4 Å². The van der Waals surface area contributed by atoms with Crippen molar-refractivity contribution < 1.29 is 31.5 Å². The van der Waals surface area contributed by atoms with E-state index >= 15 is 0 Å². The van der Waals surface area contributed by atoms with Gasteiger partial charge in [-0.15, -0.1) is 11.3 Å². The van der Waals surface area contributed by atoms with Crippen LogP contribution in [0.1, 0.15) is 20.0 Å². The number of nitrogens with one attached hydrogen (secondary N) is 1. The number of alkyl halides is 3. The first-order valence-corrected chi connectivity index (χ1v) is 8.79. The van der Waals surface area contributed by atoms with Crippen molar-refractivity contribution in [2.24, 2.45) is 0 Å². The Balaban J connectivity index is 2.00. The van der Waals surface area contributed by atoms with Gasteiger partial charge in [0.25, 0.3) is 11.7 Å². The molecule has 4 nitrogen and oxygen atoms in total. The summed E-state index contributed by atoms with van der Waals surface area (Å²) in [7, 11) is 0. The number of carbonyl (C=O) groups is 2. The number of hydrogen-bond acceptors (Lipinski definition) is 5. The fraction of sp³-hybridized carbons (Fsp3) is 0.0625. The van der Waals surface area contributed by atoms with Crippen LogP contribution in [0.2, 0.25) is 0 Å². The van der Waals surface area contributed by atoms with Crippen LogP contribution in [0.3, 0.4) is 0 Å². The Kier molecular flexibility index (Phi) is 5.07. The predicted molar refractivity (Wildman–Crippen MR) is 90.1 cm³/mol. The highest BCUT2D eigenvalue weighted by Gasteiger charge is 2.42. The number of nitrogens with zero attached hydrogens (tertiary/aromatic N) is 1. The molecule has 0 radical (unpaired) electrons.